The van der Waals surface area contributed by atoms with Gasteiger partial charge in [-0.1, -0.05) is 19.1 Å². The molecule has 1 fully saturated rings. The summed E-state index contributed by atoms with van der Waals surface area (Å²) in [5, 5.41) is 4.27. The topological polar surface area (TPSA) is 50.6 Å². The standard InChI is InChI=1S/C20H28N4O2/c1-5-16(24-12-8-11-21-24)19(25)22-13-14-23(20(2,3)15-22)17-9-6-7-10-18(17)26-4/h6-12,16H,5,13-15H2,1-4H3/t16-/m0/s1. The zero-order chi connectivity index (χ0) is 18.7. The van der Waals surface area contributed by atoms with E-state index in [1.54, 1.807) is 18.0 Å². The van der Waals surface area contributed by atoms with Crippen molar-refractivity contribution in [3.05, 3.63) is 42.7 Å². The Labute approximate surface area is 155 Å². The molecule has 26 heavy (non-hydrogen) atoms. The highest BCUT2D eigenvalue weighted by Crippen LogP contribution is 2.35. The molecule has 0 spiro atoms. The van der Waals surface area contributed by atoms with Gasteiger partial charge in [-0.25, -0.2) is 0 Å². The zero-order valence-electron chi connectivity index (χ0n) is 16.1. The minimum Gasteiger partial charge on any atom is -0.495 e. The van der Waals surface area contributed by atoms with Gasteiger partial charge < -0.3 is 14.5 Å². The van der Waals surface area contributed by atoms with E-state index in [4.69, 9.17) is 4.74 Å². The van der Waals surface area contributed by atoms with E-state index in [2.05, 4.69) is 29.9 Å². The number of carbonyl (C=O) groups is 1. The first-order chi connectivity index (χ1) is 12.5. The van der Waals surface area contributed by atoms with Crippen LogP contribution in [0.3, 0.4) is 0 Å². The van der Waals surface area contributed by atoms with Crippen LogP contribution >= 0.6 is 0 Å². The molecule has 0 unspecified atom stereocenters. The van der Waals surface area contributed by atoms with Crippen LogP contribution in [0.15, 0.2) is 42.7 Å². The third kappa shape index (κ3) is 3.41. The SMILES string of the molecule is CC[C@@H](C(=O)N1CCN(c2ccccc2OC)C(C)(C)C1)n1cccn1. The average Bonchev–Trinajstić information content (AvgIpc) is 3.15. The van der Waals surface area contributed by atoms with Crippen molar-refractivity contribution in [2.45, 2.75) is 38.8 Å². The van der Waals surface area contributed by atoms with Crippen LogP contribution in [0.4, 0.5) is 5.69 Å². The quantitative estimate of drug-likeness (QED) is 0.826. The molecule has 1 amide bonds. The van der Waals surface area contributed by atoms with Crippen molar-refractivity contribution in [1.82, 2.24) is 14.7 Å². The van der Waals surface area contributed by atoms with E-state index in [9.17, 15) is 4.79 Å². The van der Waals surface area contributed by atoms with Crippen LogP contribution < -0.4 is 9.64 Å². The fraction of sp³-hybridized carbons (Fsp3) is 0.500. The molecule has 0 aliphatic carbocycles. The average molecular weight is 356 g/mol. The number of hydrogen-bond donors (Lipinski definition) is 0. The summed E-state index contributed by atoms with van der Waals surface area (Å²) in [5.41, 5.74) is 0.886. The van der Waals surface area contributed by atoms with Gasteiger partial charge in [-0.05, 0) is 38.5 Å². The molecule has 0 N–H and O–H groups in total. The normalized spacial score (nSPS) is 17.8. The highest BCUT2D eigenvalue weighted by atomic mass is 16.5. The maximum absolute atomic E-state index is 13.1. The van der Waals surface area contributed by atoms with Crippen molar-refractivity contribution < 1.29 is 9.53 Å². The second-order valence-electron chi connectivity index (χ2n) is 7.31. The molecule has 3 rings (SSSR count). The lowest BCUT2D eigenvalue weighted by Gasteiger charge is -2.49. The van der Waals surface area contributed by atoms with Gasteiger partial charge in [0.25, 0.3) is 0 Å². The first kappa shape index (κ1) is 18.3. The number of carbonyl (C=O) groups excluding carboxylic acids is 1. The predicted octanol–water partition coefficient (Wildman–Crippen LogP) is 2.97. The molecule has 0 radical (unpaired) electrons. The van der Waals surface area contributed by atoms with Crippen molar-refractivity contribution in [2.24, 2.45) is 0 Å². The summed E-state index contributed by atoms with van der Waals surface area (Å²) in [6.45, 7) is 8.51. The van der Waals surface area contributed by atoms with E-state index in [-0.39, 0.29) is 17.5 Å². The number of benzene rings is 1. The Morgan fingerprint density at radius 1 is 1.27 bits per heavy atom. The zero-order valence-corrected chi connectivity index (χ0v) is 16.1. The van der Waals surface area contributed by atoms with E-state index in [1.165, 1.54) is 0 Å². The lowest BCUT2D eigenvalue weighted by molar-refractivity contribution is -0.136. The number of methoxy groups -OCH3 is 1. The van der Waals surface area contributed by atoms with Crippen molar-refractivity contribution >= 4 is 11.6 Å². The van der Waals surface area contributed by atoms with Crippen LogP contribution in [0.5, 0.6) is 5.75 Å². The first-order valence-electron chi connectivity index (χ1n) is 9.16. The summed E-state index contributed by atoms with van der Waals surface area (Å²) in [4.78, 5) is 17.4. The summed E-state index contributed by atoms with van der Waals surface area (Å²) in [6.07, 6.45) is 4.31. The number of hydrogen-bond acceptors (Lipinski definition) is 4. The second-order valence-corrected chi connectivity index (χ2v) is 7.31. The molecule has 2 heterocycles. The van der Waals surface area contributed by atoms with Crippen LogP contribution in [-0.4, -0.2) is 52.9 Å². The number of amides is 1. The van der Waals surface area contributed by atoms with Crippen LogP contribution in [-0.2, 0) is 4.79 Å². The summed E-state index contributed by atoms with van der Waals surface area (Å²) in [5.74, 6) is 1.01. The third-order valence-electron chi connectivity index (χ3n) is 5.11. The molecule has 6 nitrogen and oxygen atoms in total. The van der Waals surface area contributed by atoms with Gasteiger partial charge in [0, 0.05) is 32.0 Å². The van der Waals surface area contributed by atoms with Gasteiger partial charge in [0.15, 0.2) is 0 Å². The van der Waals surface area contributed by atoms with Crippen molar-refractivity contribution in [3.8, 4) is 5.75 Å². The lowest BCUT2D eigenvalue weighted by Crippen LogP contribution is -2.61. The smallest absolute Gasteiger partial charge is 0.247 e. The number of anilines is 1. The molecule has 1 aliphatic rings. The predicted molar refractivity (Wildman–Crippen MR) is 103 cm³/mol. The number of rotatable bonds is 5. The molecule has 1 aliphatic heterocycles. The number of nitrogens with zero attached hydrogens (tertiary/aromatic N) is 4. The Bertz CT molecular complexity index is 742. The minimum absolute atomic E-state index is 0.143. The molecule has 6 heteroatoms. The van der Waals surface area contributed by atoms with Crippen LogP contribution in [0, 0.1) is 0 Å². The van der Waals surface area contributed by atoms with Gasteiger partial charge in [0.1, 0.15) is 11.8 Å². The number of ether oxygens (including phenoxy) is 1. The Morgan fingerprint density at radius 2 is 2.04 bits per heavy atom. The summed E-state index contributed by atoms with van der Waals surface area (Å²) in [7, 11) is 1.70. The lowest BCUT2D eigenvalue weighted by atomic mass is 9.96. The number of para-hydroxylation sites is 2. The first-order valence-corrected chi connectivity index (χ1v) is 9.16. The van der Waals surface area contributed by atoms with Gasteiger partial charge in [-0.3, -0.25) is 9.48 Å². The molecular formula is C20H28N4O2. The monoisotopic (exact) mass is 356 g/mol. The molecular weight excluding hydrogens is 328 g/mol. The molecule has 0 bridgehead atoms. The number of aromatic nitrogens is 2. The van der Waals surface area contributed by atoms with Gasteiger partial charge >= 0.3 is 0 Å². The largest absolute Gasteiger partial charge is 0.495 e. The molecule has 140 valence electrons. The van der Waals surface area contributed by atoms with Crippen molar-refractivity contribution in [3.63, 3.8) is 0 Å². The summed E-state index contributed by atoms with van der Waals surface area (Å²) in [6, 6.07) is 9.68. The Hall–Kier alpha value is -2.50. The van der Waals surface area contributed by atoms with Gasteiger partial charge in [-0.2, -0.15) is 5.10 Å². The van der Waals surface area contributed by atoms with E-state index >= 15 is 0 Å². The Balaban J connectivity index is 1.79. The molecule has 2 aromatic rings. The minimum atomic E-state index is -0.237. The Morgan fingerprint density at radius 3 is 2.65 bits per heavy atom. The molecule has 1 aromatic heterocycles. The van der Waals surface area contributed by atoms with E-state index < -0.39 is 0 Å². The fourth-order valence-corrected chi connectivity index (χ4v) is 3.79. The van der Waals surface area contributed by atoms with Crippen LogP contribution in [0.2, 0.25) is 0 Å². The summed E-state index contributed by atoms with van der Waals surface area (Å²) < 4.78 is 7.30. The van der Waals surface area contributed by atoms with Gasteiger partial charge in [0.05, 0.1) is 18.3 Å². The molecule has 1 atom stereocenters. The highest BCUT2D eigenvalue weighted by Gasteiger charge is 2.38. The van der Waals surface area contributed by atoms with Gasteiger partial charge in [0.2, 0.25) is 5.91 Å². The van der Waals surface area contributed by atoms with E-state index in [0.29, 0.717) is 13.1 Å². The highest BCUT2D eigenvalue weighted by molar-refractivity contribution is 5.81. The van der Waals surface area contributed by atoms with Crippen molar-refractivity contribution in [1.29, 1.82) is 0 Å². The molecule has 0 saturated carbocycles. The second kappa shape index (κ2) is 7.40. The van der Waals surface area contributed by atoms with Crippen LogP contribution in [0.1, 0.15) is 33.2 Å². The fourth-order valence-electron chi connectivity index (χ4n) is 3.79. The van der Waals surface area contributed by atoms with Crippen molar-refractivity contribution in [2.75, 3.05) is 31.6 Å². The van der Waals surface area contributed by atoms with Crippen LogP contribution in [0.25, 0.3) is 0 Å². The maximum Gasteiger partial charge on any atom is 0.247 e. The van der Waals surface area contributed by atoms with Gasteiger partial charge in [-0.15, -0.1) is 0 Å². The van der Waals surface area contributed by atoms with E-state index in [1.807, 2.05) is 42.3 Å². The summed E-state index contributed by atoms with van der Waals surface area (Å²) >= 11 is 0. The third-order valence-corrected chi connectivity index (χ3v) is 5.11. The number of piperazine rings is 1. The Kier molecular flexibility index (Phi) is 5.20. The maximum atomic E-state index is 13.1. The molecule has 1 aromatic carbocycles. The van der Waals surface area contributed by atoms with E-state index in [0.717, 1.165) is 24.4 Å². The molecule has 1 saturated heterocycles.